The predicted octanol–water partition coefficient (Wildman–Crippen LogP) is 2.33. The fraction of sp³-hybridized carbons (Fsp3) is 0.100. The summed E-state index contributed by atoms with van der Waals surface area (Å²) in [6.07, 6.45) is 1.42. The van der Waals surface area contributed by atoms with Crippen molar-refractivity contribution in [1.82, 2.24) is 9.78 Å². The van der Waals surface area contributed by atoms with E-state index in [-0.39, 0.29) is 5.03 Å². The van der Waals surface area contributed by atoms with Crippen molar-refractivity contribution in [2.24, 2.45) is 7.05 Å². The molecular weight excluding hydrogens is 400 g/mol. The summed E-state index contributed by atoms with van der Waals surface area (Å²) in [5, 5.41) is 3.91. The van der Waals surface area contributed by atoms with Crippen molar-refractivity contribution in [2.75, 3.05) is 10.5 Å². The molecule has 2 rings (SSSR count). The molecule has 3 N–H and O–H groups in total. The van der Waals surface area contributed by atoms with Gasteiger partial charge in [0.2, 0.25) is 0 Å². The van der Waals surface area contributed by atoms with Gasteiger partial charge in [0.1, 0.15) is 0 Å². The molecule has 102 valence electrons. The van der Waals surface area contributed by atoms with Gasteiger partial charge in [-0.3, -0.25) is 9.40 Å². The molecular formula is C10H10Br2N4O2S. The Kier molecular flexibility index (Phi) is 3.88. The molecule has 19 heavy (non-hydrogen) atoms. The van der Waals surface area contributed by atoms with Crippen LogP contribution in [0.15, 0.2) is 38.4 Å². The first kappa shape index (κ1) is 14.4. The zero-order chi connectivity index (χ0) is 14.2. The zero-order valence-electron chi connectivity index (χ0n) is 9.76. The molecule has 0 aliphatic rings. The molecule has 1 heterocycles. The Bertz CT molecular complexity index is 704. The molecule has 0 spiro atoms. The third-order valence-electron chi connectivity index (χ3n) is 2.35. The minimum Gasteiger partial charge on any atom is -0.399 e. The van der Waals surface area contributed by atoms with E-state index >= 15 is 0 Å². The molecule has 0 aliphatic heterocycles. The van der Waals surface area contributed by atoms with Crippen molar-refractivity contribution in [3.63, 3.8) is 0 Å². The Morgan fingerprint density at radius 2 is 1.89 bits per heavy atom. The van der Waals surface area contributed by atoms with Gasteiger partial charge in [-0.05, 0) is 50.1 Å². The van der Waals surface area contributed by atoms with Gasteiger partial charge in [-0.25, -0.2) is 0 Å². The summed E-state index contributed by atoms with van der Waals surface area (Å²) >= 11 is 6.55. The van der Waals surface area contributed by atoms with E-state index in [4.69, 9.17) is 5.73 Å². The van der Waals surface area contributed by atoms with Gasteiger partial charge in [0.15, 0.2) is 5.03 Å². The number of halogens is 2. The van der Waals surface area contributed by atoms with E-state index in [1.54, 1.807) is 19.2 Å². The second-order valence-electron chi connectivity index (χ2n) is 3.76. The number of hydrogen-bond donors (Lipinski definition) is 2. The Hall–Kier alpha value is -1.06. The van der Waals surface area contributed by atoms with E-state index in [0.717, 1.165) is 0 Å². The summed E-state index contributed by atoms with van der Waals surface area (Å²) in [6, 6.07) is 4.65. The first-order chi connectivity index (χ1) is 8.81. The molecule has 2 aromatic rings. The number of rotatable bonds is 3. The minimum absolute atomic E-state index is 0.0723. The van der Waals surface area contributed by atoms with Gasteiger partial charge in [0.05, 0.1) is 11.9 Å². The quantitative estimate of drug-likeness (QED) is 0.761. The maximum atomic E-state index is 12.2. The lowest BCUT2D eigenvalue weighted by Gasteiger charge is -2.12. The van der Waals surface area contributed by atoms with Crippen LogP contribution in [-0.4, -0.2) is 18.2 Å². The number of sulfonamides is 1. The lowest BCUT2D eigenvalue weighted by molar-refractivity contribution is 0.582. The Balaban J connectivity index is 2.45. The second kappa shape index (κ2) is 5.14. The summed E-state index contributed by atoms with van der Waals surface area (Å²) in [5.74, 6) is 0. The van der Waals surface area contributed by atoms with Crippen molar-refractivity contribution in [3.05, 3.63) is 33.3 Å². The summed E-state index contributed by atoms with van der Waals surface area (Å²) in [5.41, 5.74) is 6.56. The number of nitrogens with zero attached hydrogens (tertiary/aromatic N) is 2. The lowest BCUT2D eigenvalue weighted by atomic mass is 10.3. The van der Waals surface area contributed by atoms with Gasteiger partial charge < -0.3 is 5.73 Å². The van der Waals surface area contributed by atoms with Gasteiger partial charge in [0.25, 0.3) is 10.0 Å². The normalized spacial score (nSPS) is 11.5. The molecule has 9 heteroatoms. The largest absolute Gasteiger partial charge is 0.399 e. The molecule has 0 aliphatic carbocycles. The maximum Gasteiger partial charge on any atom is 0.279 e. The first-order valence-electron chi connectivity index (χ1n) is 5.06. The summed E-state index contributed by atoms with van der Waals surface area (Å²) < 4.78 is 29.3. The SMILES string of the molecule is Cn1nccc1S(=O)(=O)Nc1c(Br)cc(N)cc1Br. The van der Waals surface area contributed by atoms with Crippen LogP contribution in [-0.2, 0) is 17.1 Å². The standard InChI is InChI=1S/C10H10Br2N4O2S/c1-16-9(2-3-14-16)19(17,18)15-10-7(11)4-6(13)5-8(10)12/h2-5,15H,13H2,1H3. The smallest absolute Gasteiger partial charge is 0.279 e. The molecule has 0 fully saturated rings. The zero-order valence-corrected chi connectivity index (χ0v) is 13.8. The van der Waals surface area contributed by atoms with Crippen LogP contribution in [0.5, 0.6) is 0 Å². The number of anilines is 2. The fourth-order valence-corrected chi connectivity index (χ4v) is 4.41. The van der Waals surface area contributed by atoms with Crippen LogP contribution in [0, 0.1) is 0 Å². The number of aryl methyl sites for hydroxylation is 1. The molecule has 0 radical (unpaired) electrons. The van der Waals surface area contributed by atoms with Crippen LogP contribution >= 0.6 is 31.9 Å². The van der Waals surface area contributed by atoms with Crippen molar-refractivity contribution < 1.29 is 8.42 Å². The van der Waals surface area contributed by atoms with E-state index in [1.807, 2.05) is 0 Å². The maximum absolute atomic E-state index is 12.2. The number of nitrogens with two attached hydrogens (primary N) is 1. The fourth-order valence-electron chi connectivity index (χ4n) is 1.50. The van der Waals surface area contributed by atoms with E-state index in [2.05, 4.69) is 41.7 Å². The molecule has 1 aromatic carbocycles. The molecule has 0 saturated heterocycles. The number of nitrogen functional groups attached to an aromatic ring is 1. The van der Waals surface area contributed by atoms with E-state index in [1.165, 1.54) is 16.9 Å². The number of benzene rings is 1. The highest BCUT2D eigenvalue weighted by Gasteiger charge is 2.20. The van der Waals surface area contributed by atoms with E-state index in [0.29, 0.717) is 20.3 Å². The van der Waals surface area contributed by atoms with Gasteiger partial charge in [-0.2, -0.15) is 13.5 Å². The van der Waals surface area contributed by atoms with Crippen LogP contribution in [0.2, 0.25) is 0 Å². The van der Waals surface area contributed by atoms with Gasteiger partial charge >= 0.3 is 0 Å². The third kappa shape index (κ3) is 2.93. The molecule has 0 saturated carbocycles. The lowest BCUT2D eigenvalue weighted by Crippen LogP contribution is -2.17. The summed E-state index contributed by atoms with van der Waals surface area (Å²) in [7, 11) is -2.15. The second-order valence-corrected chi connectivity index (χ2v) is 7.10. The highest BCUT2D eigenvalue weighted by molar-refractivity contribution is 9.11. The van der Waals surface area contributed by atoms with E-state index < -0.39 is 10.0 Å². The predicted molar refractivity (Wildman–Crippen MR) is 80.3 cm³/mol. The highest BCUT2D eigenvalue weighted by Crippen LogP contribution is 2.34. The minimum atomic E-state index is -3.71. The van der Waals surface area contributed by atoms with Crippen LogP contribution in [0.25, 0.3) is 0 Å². The first-order valence-corrected chi connectivity index (χ1v) is 8.13. The van der Waals surface area contributed by atoms with Crippen LogP contribution < -0.4 is 10.5 Å². The van der Waals surface area contributed by atoms with Gasteiger partial charge in [-0.15, -0.1) is 0 Å². The van der Waals surface area contributed by atoms with Crippen molar-refractivity contribution >= 4 is 53.3 Å². The Morgan fingerprint density at radius 1 is 1.32 bits per heavy atom. The van der Waals surface area contributed by atoms with Crippen LogP contribution in [0.4, 0.5) is 11.4 Å². The number of hydrogen-bond acceptors (Lipinski definition) is 4. The van der Waals surface area contributed by atoms with Crippen molar-refractivity contribution in [1.29, 1.82) is 0 Å². The number of nitrogens with one attached hydrogen (secondary N) is 1. The average Bonchev–Trinajstić information content (AvgIpc) is 2.70. The van der Waals surface area contributed by atoms with Crippen molar-refractivity contribution in [2.45, 2.75) is 5.03 Å². The highest BCUT2D eigenvalue weighted by atomic mass is 79.9. The monoisotopic (exact) mass is 408 g/mol. The van der Waals surface area contributed by atoms with E-state index in [9.17, 15) is 8.42 Å². The number of aromatic nitrogens is 2. The molecule has 0 amide bonds. The third-order valence-corrected chi connectivity index (χ3v) is 5.03. The molecule has 6 nitrogen and oxygen atoms in total. The molecule has 1 aromatic heterocycles. The average molecular weight is 410 g/mol. The topological polar surface area (TPSA) is 90.0 Å². The van der Waals surface area contributed by atoms with Crippen LogP contribution in [0.1, 0.15) is 0 Å². The van der Waals surface area contributed by atoms with Crippen LogP contribution in [0.3, 0.4) is 0 Å². The Labute approximate surface area is 127 Å². The van der Waals surface area contributed by atoms with Crippen molar-refractivity contribution in [3.8, 4) is 0 Å². The molecule has 0 atom stereocenters. The Morgan fingerprint density at radius 3 is 2.37 bits per heavy atom. The van der Waals surface area contributed by atoms with Gasteiger partial charge in [0, 0.05) is 21.7 Å². The van der Waals surface area contributed by atoms with Gasteiger partial charge in [-0.1, -0.05) is 0 Å². The summed E-state index contributed by atoms with van der Waals surface area (Å²) in [6.45, 7) is 0. The summed E-state index contributed by atoms with van der Waals surface area (Å²) in [4.78, 5) is 0. The molecule has 0 unspecified atom stereocenters. The molecule has 0 bridgehead atoms.